The molecule has 0 saturated carbocycles. The molecule has 0 atom stereocenters. The van der Waals surface area contributed by atoms with Crippen LogP contribution in [-0.2, 0) is 177 Å². The Kier molecular flexibility index (Phi) is 125. The van der Waals surface area contributed by atoms with Crippen molar-refractivity contribution in [2.24, 2.45) is 0 Å². The van der Waals surface area contributed by atoms with Gasteiger partial charge in [-0.3, -0.25) is 0 Å². The van der Waals surface area contributed by atoms with Crippen LogP contribution in [0.4, 0.5) is 0 Å². The van der Waals surface area contributed by atoms with Gasteiger partial charge in [0.2, 0.25) is 0 Å². The van der Waals surface area contributed by atoms with E-state index in [2.05, 4.69) is 0 Å². The number of rotatable bonds is 0. The summed E-state index contributed by atoms with van der Waals surface area (Å²) in [7, 11) is 0. The minimum absolute atomic E-state index is 0. The first kappa shape index (κ1) is 65.1. The van der Waals surface area contributed by atoms with Gasteiger partial charge in [0.25, 0.3) is 0 Å². The number of hydrogen-bond donors (Lipinski definition) is 0. The fraction of sp³-hybridized carbons (Fsp3) is 0. The molecule has 0 spiro atoms. The zero-order valence-electron chi connectivity index (χ0n) is 13.5. The summed E-state index contributed by atoms with van der Waals surface area (Å²) in [4.78, 5) is 0. The average molecular weight is 1330 g/mol. The molecular weight excluding hydrogens is 1330 g/mol. The Bertz CT molecular complexity index is 577. The Morgan fingerprint density at radius 1 is 0.290 bits per heavy atom. The Hall–Kier alpha value is 4.66. The van der Waals surface area contributed by atoms with Crippen LogP contribution in [0, 0.1) is 0 Å². The van der Waals surface area contributed by atoms with Gasteiger partial charge < -0.3 is 0 Å². The molecule has 0 unspecified atom stereocenters. The molecule has 0 bridgehead atoms. The van der Waals surface area contributed by atoms with E-state index in [-0.39, 0.29) is 76.2 Å². The summed E-state index contributed by atoms with van der Waals surface area (Å²) in [6.45, 7) is 0. The van der Waals surface area contributed by atoms with Crippen LogP contribution < -0.4 is 25.3 Å². The first-order valence-electron chi connectivity index (χ1n) is 3.83. The SMILES string of the molecule is [In+3].[Mg+2].[O]=[Nb](=[O])[O-].[O]=[Nb](=[O])[O-].[O]=[Nb](=[O])[O-].[O]=[Nb](=[O])[O-].[O]=[Nb](=[O])[O-].[O]=[Nb](=[O])[O-].[O]=[Nb](=[O])[O-].[Pb+2]. The van der Waals surface area contributed by atoms with Crippen LogP contribution in [0.3, 0.4) is 0 Å². The fourth-order valence-electron chi connectivity index (χ4n) is 0. The normalized spacial score (nSPS) is 5.65. The standard InChI is InChI=1S/In.Mg.7Nb.21O.Pb/q+3;+2;;;;;;;;;;;;;;;;;;;;;;7*-1;+2. The monoisotopic (exact) mass is 1330 g/mol. The van der Waals surface area contributed by atoms with Crippen molar-refractivity contribution in [1.29, 1.82) is 0 Å². The van der Waals surface area contributed by atoms with Crippen molar-refractivity contribution >= 4 is 76.2 Å². The molecule has 31 heavy (non-hydrogen) atoms. The summed E-state index contributed by atoms with van der Waals surface area (Å²) < 4.78 is 181. The summed E-state index contributed by atoms with van der Waals surface area (Å²) in [5, 5.41) is 0. The average Bonchev–Trinajstić information content (AvgIpc) is 2.20. The summed E-state index contributed by atoms with van der Waals surface area (Å²) in [5.41, 5.74) is 0. The number of hydrogen-bond acceptors (Lipinski definition) is 21. The van der Waals surface area contributed by atoms with Gasteiger partial charge in [0.05, 0.1) is 0 Å². The molecule has 0 heterocycles. The smallest absolute Gasteiger partial charge is 2.00 e. The Morgan fingerprint density at radius 3 is 0.290 bits per heavy atom. The minimum atomic E-state index is -4.20. The molecule has 170 valence electrons. The fourth-order valence-corrected chi connectivity index (χ4v) is 0. The molecule has 0 saturated heterocycles. The Balaban J connectivity index is -0.0000000204. The zero-order valence-corrected chi connectivity index (χ0v) is 37.5. The topological polar surface area (TPSA) is 400 Å². The summed E-state index contributed by atoms with van der Waals surface area (Å²) in [6.07, 6.45) is 0. The van der Waals surface area contributed by atoms with E-state index in [1.165, 1.54) is 0 Å². The zero-order chi connectivity index (χ0) is 25.0. The van der Waals surface area contributed by atoms with E-state index in [1.54, 1.807) is 0 Å². The van der Waals surface area contributed by atoms with Gasteiger partial charge in [-0.15, -0.1) is 0 Å². The molecule has 0 rings (SSSR count). The van der Waals surface area contributed by atoms with E-state index in [1.807, 2.05) is 0 Å². The van der Waals surface area contributed by atoms with E-state index in [0.717, 1.165) is 0 Å². The van der Waals surface area contributed by atoms with Gasteiger partial charge in [-0.2, -0.15) is 0 Å². The summed E-state index contributed by atoms with van der Waals surface area (Å²) >= 11 is -29.4. The van der Waals surface area contributed by atoms with Crippen LogP contribution in [0.1, 0.15) is 0 Å². The molecule has 0 aliphatic carbocycles. The van der Waals surface area contributed by atoms with Crippen LogP contribution in [-0.4, -0.2) is 76.2 Å². The van der Waals surface area contributed by atoms with Gasteiger partial charge in [-0.05, 0) is 0 Å². The molecule has 0 amide bonds. The van der Waals surface area contributed by atoms with E-state index >= 15 is 0 Å². The molecule has 0 fully saturated rings. The van der Waals surface area contributed by atoms with Crippen LogP contribution >= 0.6 is 0 Å². The quantitative estimate of drug-likeness (QED) is 0.203. The van der Waals surface area contributed by atoms with Crippen LogP contribution in [0.2, 0.25) is 0 Å². The van der Waals surface area contributed by atoms with Gasteiger partial charge in [0, 0.05) is 0 Å². The first-order chi connectivity index (χ1) is 12.1. The van der Waals surface area contributed by atoms with Gasteiger partial charge >= 0.3 is 278 Å². The van der Waals surface area contributed by atoms with Crippen LogP contribution in [0.15, 0.2) is 0 Å². The molecule has 0 aromatic heterocycles. The second kappa shape index (κ2) is 59.6. The maximum atomic E-state index is 8.60. The van der Waals surface area contributed by atoms with E-state index < -0.39 is 131 Å². The minimum Gasteiger partial charge on any atom is 2.00 e. The summed E-state index contributed by atoms with van der Waals surface area (Å²) in [6, 6.07) is 0. The molecular formula is InMgNb7O21Pb. The van der Waals surface area contributed by atoms with Crippen molar-refractivity contribution in [3.63, 3.8) is 0 Å². The molecule has 0 aromatic rings. The van der Waals surface area contributed by atoms with Gasteiger partial charge in [-0.1, -0.05) is 0 Å². The molecule has 21 nitrogen and oxygen atoms in total. The molecule has 0 aromatic carbocycles. The third-order valence-corrected chi connectivity index (χ3v) is 0. The Labute approximate surface area is 272 Å². The van der Waals surface area contributed by atoms with E-state index in [4.69, 9.17) is 70.8 Å². The van der Waals surface area contributed by atoms with Gasteiger partial charge in [-0.25, -0.2) is 0 Å². The van der Waals surface area contributed by atoms with Gasteiger partial charge in [0.1, 0.15) is 0 Å². The molecule has 0 aliphatic rings. The third kappa shape index (κ3) is 1700. The molecule has 2 radical (unpaired) electrons. The predicted octanol–water partition coefficient (Wildman–Crippen LogP) is -11.1. The first-order valence-corrected chi connectivity index (χ1v) is 22.7. The molecule has 0 aliphatic heterocycles. The maximum Gasteiger partial charge on any atom is 2.00 e. The van der Waals surface area contributed by atoms with Crippen molar-refractivity contribution in [1.82, 2.24) is 0 Å². The maximum absolute atomic E-state index is 8.60. The second-order valence-corrected chi connectivity index (χ2v) is 9.26. The van der Waals surface area contributed by atoms with Crippen molar-refractivity contribution in [2.45, 2.75) is 0 Å². The summed E-state index contributed by atoms with van der Waals surface area (Å²) in [5.74, 6) is 0. The van der Waals surface area contributed by atoms with Crippen molar-refractivity contribution < 1.29 is 202 Å². The van der Waals surface area contributed by atoms with E-state index in [0.29, 0.717) is 0 Å². The second-order valence-electron chi connectivity index (χ2n) is 1.57. The van der Waals surface area contributed by atoms with Crippen molar-refractivity contribution in [3.05, 3.63) is 0 Å². The predicted molar refractivity (Wildman–Crippen MR) is 26.9 cm³/mol. The van der Waals surface area contributed by atoms with Gasteiger partial charge in [0.15, 0.2) is 0 Å². The molecule has 0 N–H and O–H groups in total. The third-order valence-electron chi connectivity index (χ3n) is 0. The largest absolute Gasteiger partial charge is 2.00 e. The molecule has 31 heteroatoms. The van der Waals surface area contributed by atoms with E-state index in [9.17, 15) is 0 Å². The Morgan fingerprint density at radius 2 is 0.290 bits per heavy atom. The van der Waals surface area contributed by atoms with Crippen LogP contribution in [0.5, 0.6) is 0 Å². The van der Waals surface area contributed by atoms with Crippen molar-refractivity contribution in [2.75, 3.05) is 0 Å². The van der Waals surface area contributed by atoms with Crippen LogP contribution in [0.25, 0.3) is 0 Å². The van der Waals surface area contributed by atoms with Crippen molar-refractivity contribution in [3.8, 4) is 0 Å².